The van der Waals surface area contributed by atoms with Crippen molar-refractivity contribution in [2.75, 3.05) is 6.54 Å². The fourth-order valence-corrected chi connectivity index (χ4v) is 1.96. The Morgan fingerprint density at radius 2 is 1.94 bits per heavy atom. The number of aliphatic imine (C=N–C) groups is 2. The molecule has 0 aromatic carbocycles. The van der Waals surface area contributed by atoms with E-state index in [1.165, 1.54) is 11.5 Å². The molecule has 1 aromatic heterocycles. The molecule has 0 bridgehead atoms. The highest BCUT2D eigenvalue weighted by Gasteiger charge is 2.15. The summed E-state index contributed by atoms with van der Waals surface area (Å²) in [6.07, 6.45) is 0. The Balaban J connectivity index is 0.00000137. The maximum absolute atomic E-state index is 4.65. The molecule has 0 aliphatic heterocycles. The van der Waals surface area contributed by atoms with E-state index in [1.807, 2.05) is 19.2 Å². The van der Waals surface area contributed by atoms with E-state index < -0.39 is 0 Å². The normalized spacial score (nSPS) is 11.4. The van der Waals surface area contributed by atoms with Gasteiger partial charge in [0.05, 0.1) is 5.71 Å². The minimum Gasteiger partial charge on any atom is -0.287 e. The molecule has 18 heavy (non-hydrogen) atoms. The van der Waals surface area contributed by atoms with Crippen LogP contribution in [-0.2, 0) is 0 Å². The molecule has 1 rings (SSSR count). The molecule has 3 nitrogen and oxygen atoms in total. The van der Waals surface area contributed by atoms with Gasteiger partial charge in [-0.15, -0.1) is 0 Å². The topological polar surface area (TPSA) is 37.6 Å². The molecule has 0 unspecified atom stereocenters. The predicted molar refractivity (Wildman–Crippen MR) is 83.8 cm³/mol. The number of hydrogen-bond acceptors (Lipinski definition) is 4. The van der Waals surface area contributed by atoms with Gasteiger partial charge in [-0.2, -0.15) is 4.37 Å². The average Bonchev–Trinajstić information content (AvgIpc) is 2.79. The zero-order valence-electron chi connectivity index (χ0n) is 12.4. The minimum absolute atomic E-state index is 0.362. The van der Waals surface area contributed by atoms with Gasteiger partial charge in [0.2, 0.25) is 0 Å². The van der Waals surface area contributed by atoms with Gasteiger partial charge in [-0.3, -0.25) is 9.98 Å². The molecule has 1 heterocycles. The van der Waals surface area contributed by atoms with Gasteiger partial charge >= 0.3 is 0 Å². The summed E-state index contributed by atoms with van der Waals surface area (Å²) >= 11 is 1.41. The number of aromatic nitrogens is 1. The van der Waals surface area contributed by atoms with Crippen LogP contribution in [0.4, 0.5) is 5.69 Å². The molecule has 0 fully saturated rings. The standard InChI is InChI=1S/C12H19N3S.C2H6/c1-8(2)6-14-11(9(3)4)12-10(13-5)7-16-15-12;1-2/h7-9H,5-6H2,1-4H3;1-2H3. The van der Waals surface area contributed by atoms with Gasteiger partial charge in [0, 0.05) is 11.9 Å². The smallest absolute Gasteiger partial charge is 0.124 e. The van der Waals surface area contributed by atoms with Crippen LogP contribution >= 0.6 is 11.5 Å². The molecule has 0 saturated heterocycles. The van der Waals surface area contributed by atoms with Gasteiger partial charge in [-0.05, 0) is 30.1 Å². The van der Waals surface area contributed by atoms with Crippen molar-refractivity contribution in [2.24, 2.45) is 21.8 Å². The van der Waals surface area contributed by atoms with Crippen LogP contribution in [0.15, 0.2) is 15.4 Å². The number of nitrogens with zero attached hydrogens (tertiary/aromatic N) is 3. The van der Waals surface area contributed by atoms with Gasteiger partial charge in [0.1, 0.15) is 11.4 Å². The Kier molecular flexibility index (Phi) is 8.46. The second-order valence-electron chi connectivity index (χ2n) is 4.48. The van der Waals surface area contributed by atoms with Crippen molar-refractivity contribution in [3.63, 3.8) is 0 Å². The lowest BCUT2D eigenvalue weighted by Gasteiger charge is -2.09. The van der Waals surface area contributed by atoms with Gasteiger partial charge in [-0.1, -0.05) is 41.5 Å². The molecule has 0 aliphatic rings. The Morgan fingerprint density at radius 3 is 2.39 bits per heavy atom. The maximum Gasteiger partial charge on any atom is 0.124 e. The van der Waals surface area contributed by atoms with Crippen LogP contribution in [0, 0.1) is 11.8 Å². The third-order valence-corrected chi connectivity index (χ3v) is 2.75. The third-order valence-electron chi connectivity index (χ3n) is 2.14. The molecule has 0 amide bonds. The molecule has 1 aromatic rings. The SMILES string of the molecule is C=Nc1csnc1C(=NCC(C)C)C(C)C.CC. The molecular formula is C14H25N3S. The van der Waals surface area contributed by atoms with E-state index in [4.69, 9.17) is 0 Å². The van der Waals surface area contributed by atoms with E-state index in [-0.39, 0.29) is 0 Å². The molecule has 0 radical (unpaired) electrons. The van der Waals surface area contributed by atoms with Crippen molar-refractivity contribution >= 4 is 29.6 Å². The van der Waals surface area contributed by atoms with Crippen molar-refractivity contribution in [2.45, 2.75) is 41.5 Å². The highest BCUT2D eigenvalue weighted by Crippen LogP contribution is 2.23. The van der Waals surface area contributed by atoms with Gasteiger partial charge in [-0.25, -0.2) is 0 Å². The second-order valence-corrected chi connectivity index (χ2v) is 5.11. The van der Waals surface area contributed by atoms with E-state index in [0.29, 0.717) is 11.8 Å². The lowest BCUT2D eigenvalue weighted by molar-refractivity contribution is 0.661. The van der Waals surface area contributed by atoms with Crippen LogP contribution in [-0.4, -0.2) is 23.3 Å². The van der Waals surface area contributed by atoms with E-state index in [1.54, 1.807) is 0 Å². The largest absolute Gasteiger partial charge is 0.287 e. The van der Waals surface area contributed by atoms with E-state index in [0.717, 1.165) is 23.6 Å². The van der Waals surface area contributed by atoms with Gasteiger partial charge < -0.3 is 0 Å². The first kappa shape index (κ1) is 17.0. The lowest BCUT2D eigenvalue weighted by Crippen LogP contribution is -2.12. The first-order valence-electron chi connectivity index (χ1n) is 6.52. The van der Waals surface area contributed by atoms with Crippen LogP contribution < -0.4 is 0 Å². The van der Waals surface area contributed by atoms with Crippen LogP contribution in [0.1, 0.15) is 47.2 Å². The van der Waals surface area contributed by atoms with Crippen LogP contribution in [0.3, 0.4) is 0 Å². The summed E-state index contributed by atoms with van der Waals surface area (Å²) in [5, 5.41) is 1.91. The lowest BCUT2D eigenvalue weighted by atomic mass is 10.0. The highest BCUT2D eigenvalue weighted by atomic mass is 32.1. The fraction of sp³-hybridized carbons (Fsp3) is 0.643. The number of rotatable bonds is 5. The molecule has 0 atom stereocenters. The second kappa shape index (κ2) is 8.97. The highest BCUT2D eigenvalue weighted by molar-refractivity contribution is 7.04. The van der Waals surface area contributed by atoms with Crippen LogP contribution in [0.5, 0.6) is 0 Å². The van der Waals surface area contributed by atoms with Gasteiger partial charge in [0.25, 0.3) is 0 Å². The Hall–Kier alpha value is -1.03. The maximum atomic E-state index is 4.65. The molecule has 0 spiro atoms. The fourth-order valence-electron chi connectivity index (χ4n) is 1.33. The Labute approximate surface area is 115 Å². The molecule has 102 valence electrons. The van der Waals surface area contributed by atoms with E-state index in [2.05, 4.69) is 48.8 Å². The molecule has 4 heteroatoms. The van der Waals surface area contributed by atoms with Crippen molar-refractivity contribution in [1.29, 1.82) is 0 Å². The van der Waals surface area contributed by atoms with Crippen molar-refractivity contribution in [1.82, 2.24) is 4.37 Å². The molecular weight excluding hydrogens is 242 g/mol. The summed E-state index contributed by atoms with van der Waals surface area (Å²) in [6, 6.07) is 0. The van der Waals surface area contributed by atoms with Crippen molar-refractivity contribution in [3.8, 4) is 0 Å². The van der Waals surface area contributed by atoms with Crippen molar-refractivity contribution in [3.05, 3.63) is 11.1 Å². The average molecular weight is 267 g/mol. The first-order chi connectivity index (χ1) is 8.56. The third kappa shape index (κ3) is 5.08. The summed E-state index contributed by atoms with van der Waals surface area (Å²) in [5.41, 5.74) is 2.79. The summed E-state index contributed by atoms with van der Waals surface area (Å²) in [7, 11) is 0. The van der Waals surface area contributed by atoms with Gasteiger partial charge in [0.15, 0.2) is 0 Å². The monoisotopic (exact) mass is 267 g/mol. The van der Waals surface area contributed by atoms with Crippen LogP contribution in [0.25, 0.3) is 0 Å². The predicted octanol–water partition coefficient (Wildman–Crippen LogP) is 4.60. The zero-order valence-corrected chi connectivity index (χ0v) is 13.2. The van der Waals surface area contributed by atoms with Crippen molar-refractivity contribution < 1.29 is 0 Å². The zero-order chi connectivity index (χ0) is 14.1. The van der Waals surface area contributed by atoms with Crippen LogP contribution in [0.2, 0.25) is 0 Å². The summed E-state index contributed by atoms with van der Waals surface area (Å²) in [6.45, 7) is 17.0. The number of hydrogen-bond donors (Lipinski definition) is 0. The van der Waals surface area contributed by atoms with E-state index in [9.17, 15) is 0 Å². The summed E-state index contributed by atoms with van der Waals surface area (Å²) in [4.78, 5) is 8.62. The summed E-state index contributed by atoms with van der Waals surface area (Å²) < 4.78 is 4.36. The summed E-state index contributed by atoms with van der Waals surface area (Å²) in [5.74, 6) is 0.925. The molecule has 0 aliphatic carbocycles. The minimum atomic E-state index is 0.362. The first-order valence-corrected chi connectivity index (χ1v) is 7.35. The Morgan fingerprint density at radius 1 is 1.33 bits per heavy atom. The van der Waals surface area contributed by atoms with E-state index >= 15 is 0 Å². The molecule has 0 saturated carbocycles. The quantitative estimate of drug-likeness (QED) is 0.718. The molecule has 0 N–H and O–H groups in total. The Bertz CT molecular complexity index is 378.